The van der Waals surface area contributed by atoms with Crippen LogP contribution in [0.1, 0.15) is 18.9 Å². The Kier molecular flexibility index (Phi) is 4.44. The van der Waals surface area contributed by atoms with E-state index in [0.717, 1.165) is 29.4 Å². The topological polar surface area (TPSA) is 24.9 Å². The molecule has 2 rings (SSSR count). The van der Waals surface area contributed by atoms with Crippen molar-refractivity contribution in [2.45, 2.75) is 20.4 Å². The summed E-state index contributed by atoms with van der Waals surface area (Å²) in [5, 5.41) is 6.36. The molecule has 0 saturated carbocycles. The van der Waals surface area contributed by atoms with Gasteiger partial charge in [-0.2, -0.15) is 0 Å². The number of hydrogen-bond acceptors (Lipinski definition) is 3. The van der Waals surface area contributed by atoms with Crippen molar-refractivity contribution in [3.05, 3.63) is 40.5 Å². The van der Waals surface area contributed by atoms with Crippen LogP contribution in [-0.4, -0.2) is 11.5 Å². The Morgan fingerprint density at radius 2 is 2.22 bits per heavy atom. The second kappa shape index (κ2) is 6.07. The Hall–Kier alpha value is -1.26. The van der Waals surface area contributed by atoms with Crippen LogP contribution >= 0.6 is 11.3 Å². The van der Waals surface area contributed by atoms with E-state index in [9.17, 15) is 4.39 Å². The molecule has 0 radical (unpaired) electrons. The second-order valence-electron chi connectivity index (χ2n) is 4.66. The SMILES string of the molecule is CC(C)CNCc1nc(-c2cccc(F)c2)cs1. The third-order valence-corrected chi connectivity index (χ3v) is 3.35. The Balaban J connectivity index is 2.02. The summed E-state index contributed by atoms with van der Waals surface area (Å²) in [4.78, 5) is 4.51. The highest BCUT2D eigenvalue weighted by Crippen LogP contribution is 2.22. The predicted molar refractivity (Wildman–Crippen MR) is 74.1 cm³/mol. The van der Waals surface area contributed by atoms with Crippen molar-refractivity contribution in [1.82, 2.24) is 10.3 Å². The van der Waals surface area contributed by atoms with Gasteiger partial charge in [0.05, 0.1) is 5.69 Å². The van der Waals surface area contributed by atoms with Crippen molar-refractivity contribution >= 4 is 11.3 Å². The van der Waals surface area contributed by atoms with Gasteiger partial charge in [-0.25, -0.2) is 9.37 Å². The molecule has 0 spiro atoms. The molecule has 0 fully saturated rings. The third-order valence-electron chi connectivity index (χ3n) is 2.50. The van der Waals surface area contributed by atoms with Crippen LogP contribution in [0.5, 0.6) is 0 Å². The Labute approximate surface area is 111 Å². The molecular weight excluding hydrogens is 247 g/mol. The van der Waals surface area contributed by atoms with E-state index < -0.39 is 0 Å². The number of nitrogens with one attached hydrogen (secondary N) is 1. The quantitative estimate of drug-likeness (QED) is 0.890. The van der Waals surface area contributed by atoms with Gasteiger partial charge in [0, 0.05) is 17.5 Å². The zero-order valence-corrected chi connectivity index (χ0v) is 11.4. The Morgan fingerprint density at radius 1 is 1.39 bits per heavy atom. The van der Waals surface area contributed by atoms with E-state index in [-0.39, 0.29) is 5.82 Å². The van der Waals surface area contributed by atoms with E-state index in [0.29, 0.717) is 5.92 Å². The summed E-state index contributed by atoms with van der Waals surface area (Å²) in [6.07, 6.45) is 0. The average Bonchev–Trinajstić information content (AvgIpc) is 2.77. The number of halogens is 1. The molecule has 0 saturated heterocycles. The van der Waals surface area contributed by atoms with Crippen LogP contribution < -0.4 is 5.32 Å². The fourth-order valence-electron chi connectivity index (χ4n) is 1.64. The summed E-state index contributed by atoms with van der Waals surface area (Å²) in [6.45, 7) is 6.10. The van der Waals surface area contributed by atoms with Gasteiger partial charge in [-0.1, -0.05) is 26.0 Å². The number of aromatic nitrogens is 1. The van der Waals surface area contributed by atoms with Gasteiger partial charge >= 0.3 is 0 Å². The molecule has 0 amide bonds. The number of benzene rings is 1. The van der Waals surface area contributed by atoms with Crippen LogP contribution in [0.2, 0.25) is 0 Å². The fourth-order valence-corrected chi connectivity index (χ4v) is 2.41. The number of thiazole rings is 1. The van der Waals surface area contributed by atoms with Gasteiger partial charge in [-0.15, -0.1) is 11.3 Å². The first kappa shape index (κ1) is 13.2. The maximum absolute atomic E-state index is 13.1. The smallest absolute Gasteiger partial charge is 0.123 e. The average molecular weight is 264 g/mol. The third kappa shape index (κ3) is 3.62. The van der Waals surface area contributed by atoms with Gasteiger partial charge < -0.3 is 5.32 Å². The molecule has 4 heteroatoms. The summed E-state index contributed by atoms with van der Waals surface area (Å²) in [7, 11) is 0. The minimum atomic E-state index is -0.222. The van der Waals surface area contributed by atoms with Crippen LogP contribution in [0.15, 0.2) is 29.6 Å². The first-order chi connectivity index (χ1) is 8.65. The summed E-state index contributed by atoms with van der Waals surface area (Å²) in [5.41, 5.74) is 1.68. The van der Waals surface area contributed by atoms with Gasteiger partial charge in [-0.3, -0.25) is 0 Å². The van der Waals surface area contributed by atoms with Crippen molar-refractivity contribution in [2.75, 3.05) is 6.54 Å². The molecule has 0 aliphatic rings. The van der Waals surface area contributed by atoms with Gasteiger partial charge in [-0.05, 0) is 24.6 Å². The normalized spacial score (nSPS) is 11.1. The zero-order valence-electron chi connectivity index (χ0n) is 10.6. The highest BCUT2D eigenvalue weighted by molar-refractivity contribution is 7.09. The monoisotopic (exact) mass is 264 g/mol. The van der Waals surface area contributed by atoms with Crippen molar-refractivity contribution < 1.29 is 4.39 Å². The van der Waals surface area contributed by atoms with Crippen LogP contribution in [0.4, 0.5) is 4.39 Å². The molecule has 1 N–H and O–H groups in total. The van der Waals surface area contributed by atoms with E-state index >= 15 is 0 Å². The number of rotatable bonds is 5. The molecule has 96 valence electrons. The Bertz CT molecular complexity index is 508. The Morgan fingerprint density at radius 3 is 2.94 bits per heavy atom. The van der Waals surface area contributed by atoms with Gasteiger partial charge in [0.25, 0.3) is 0 Å². The molecule has 18 heavy (non-hydrogen) atoms. The maximum atomic E-state index is 13.1. The largest absolute Gasteiger partial charge is 0.310 e. The highest BCUT2D eigenvalue weighted by atomic mass is 32.1. The fraction of sp³-hybridized carbons (Fsp3) is 0.357. The molecule has 1 heterocycles. The lowest BCUT2D eigenvalue weighted by Crippen LogP contribution is -2.18. The molecule has 0 bridgehead atoms. The first-order valence-corrected chi connectivity index (χ1v) is 6.94. The minimum Gasteiger partial charge on any atom is -0.310 e. The van der Waals surface area contributed by atoms with Gasteiger partial charge in [0.1, 0.15) is 10.8 Å². The lowest BCUT2D eigenvalue weighted by molar-refractivity contribution is 0.551. The van der Waals surface area contributed by atoms with Crippen molar-refractivity contribution in [3.8, 4) is 11.3 Å². The zero-order chi connectivity index (χ0) is 13.0. The molecular formula is C14H17FN2S. The molecule has 2 aromatic rings. The van der Waals surface area contributed by atoms with Crippen LogP contribution in [-0.2, 0) is 6.54 Å². The molecule has 0 unspecified atom stereocenters. The van der Waals surface area contributed by atoms with E-state index in [1.165, 1.54) is 12.1 Å². The highest BCUT2D eigenvalue weighted by Gasteiger charge is 2.05. The van der Waals surface area contributed by atoms with Crippen LogP contribution in [0, 0.1) is 11.7 Å². The van der Waals surface area contributed by atoms with Crippen LogP contribution in [0.3, 0.4) is 0 Å². The van der Waals surface area contributed by atoms with Crippen LogP contribution in [0.25, 0.3) is 11.3 Å². The molecule has 1 aromatic carbocycles. The van der Waals surface area contributed by atoms with Crippen molar-refractivity contribution in [3.63, 3.8) is 0 Å². The summed E-state index contributed by atoms with van der Waals surface area (Å²) in [5.74, 6) is 0.410. The van der Waals surface area contributed by atoms with E-state index in [4.69, 9.17) is 0 Å². The summed E-state index contributed by atoms with van der Waals surface area (Å²) < 4.78 is 13.1. The maximum Gasteiger partial charge on any atom is 0.123 e. The number of hydrogen-bond donors (Lipinski definition) is 1. The van der Waals surface area contributed by atoms with E-state index in [1.54, 1.807) is 17.4 Å². The number of nitrogens with zero attached hydrogens (tertiary/aromatic N) is 1. The minimum absolute atomic E-state index is 0.222. The van der Waals surface area contributed by atoms with Crippen molar-refractivity contribution in [1.29, 1.82) is 0 Å². The van der Waals surface area contributed by atoms with Crippen molar-refractivity contribution in [2.24, 2.45) is 5.92 Å². The first-order valence-electron chi connectivity index (χ1n) is 6.06. The van der Waals surface area contributed by atoms with Gasteiger partial charge in [0.2, 0.25) is 0 Å². The predicted octanol–water partition coefficient (Wildman–Crippen LogP) is 3.69. The molecule has 1 aromatic heterocycles. The lowest BCUT2D eigenvalue weighted by atomic mass is 10.2. The lowest BCUT2D eigenvalue weighted by Gasteiger charge is -2.04. The second-order valence-corrected chi connectivity index (χ2v) is 5.60. The molecule has 0 aliphatic carbocycles. The van der Waals surface area contributed by atoms with E-state index in [2.05, 4.69) is 24.1 Å². The standard InChI is InChI=1S/C14H17FN2S/c1-10(2)7-16-8-14-17-13(9-18-14)11-4-3-5-12(15)6-11/h3-6,9-10,16H,7-8H2,1-2H3. The van der Waals surface area contributed by atoms with E-state index in [1.807, 2.05) is 11.4 Å². The molecule has 2 nitrogen and oxygen atoms in total. The summed E-state index contributed by atoms with van der Waals surface area (Å²) >= 11 is 1.61. The molecule has 0 aliphatic heterocycles. The molecule has 0 atom stereocenters. The van der Waals surface area contributed by atoms with Gasteiger partial charge in [0.15, 0.2) is 0 Å². The summed E-state index contributed by atoms with van der Waals surface area (Å²) in [6, 6.07) is 6.55.